The molecular formula is C24H35FN6O5. The molecule has 2 amide bonds. The van der Waals surface area contributed by atoms with Gasteiger partial charge in [-0.05, 0) is 30.5 Å². The molecule has 3 rings (SSSR count). The van der Waals surface area contributed by atoms with Crippen LogP contribution >= 0.6 is 0 Å². The van der Waals surface area contributed by atoms with Gasteiger partial charge in [-0.25, -0.2) is 19.0 Å². The summed E-state index contributed by atoms with van der Waals surface area (Å²) in [6, 6.07) is 6.59. The lowest BCUT2D eigenvalue weighted by atomic mass is 10.1. The van der Waals surface area contributed by atoms with E-state index in [1.165, 1.54) is 0 Å². The number of carbonyl (C=O) groups excluding carboxylic acids is 2. The zero-order valence-corrected chi connectivity index (χ0v) is 20.7. The molecule has 12 heteroatoms. The molecule has 36 heavy (non-hydrogen) atoms. The van der Waals surface area contributed by atoms with Crippen LogP contribution in [0.25, 0.3) is 0 Å². The van der Waals surface area contributed by atoms with Crippen LogP contribution in [0.5, 0.6) is 0 Å². The number of carbonyl (C=O) groups is 3. The zero-order valence-electron chi connectivity index (χ0n) is 20.7. The molecule has 1 aromatic carbocycles. The van der Waals surface area contributed by atoms with Crippen molar-refractivity contribution in [1.82, 2.24) is 15.5 Å². The van der Waals surface area contributed by atoms with Crippen molar-refractivity contribution < 1.29 is 28.6 Å². The number of aliphatic carboxylic acids is 1. The number of aliphatic imine (C=N–C) groups is 1. The summed E-state index contributed by atoms with van der Waals surface area (Å²) in [5, 5.41) is 17.8. The maximum atomic E-state index is 13.2. The molecule has 0 aromatic heterocycles. The highest BCUT2D eigenvalue weighted by molar-refractivity contribution is 5.94. The fourth-order valence-corrected chi connectivity index (χ4v) is 3.84. The third-order valence-corrected chi connectivity index (χ3v) is 5.83. The summed E-state index contributed by atoms with van der Waals surface area (Å²) in [5.41, 5.74) is 1.82. The maximum Gasteiger partial charge on any atom is 0.407 e. The third-order valence-electron chi connectivity index (χ3n) is 5.83. The highest BCUT2D eigenvalue weighted by Gasteiger charge is 2.26. The number of rotatable bonds is 9. The summed E-state index contributed by atoms with van der Waals surface area (Å²) >= 11 is 0. The van der Waals surface area contributed by atoms with Gasteiger partial charge in [0.05, 0.1) is 19.7 Å². The fourth-order valence-electron chi connectivity index (χ4n) is 3.84. The first-order chi connectivity index (χ1) is 17.2. The average molecular weight is 507 g/mol. The number of piperazine rings is 1. The molecule has 1 aromatic rings. The SMILES string of the molecule is CC(C)COC(=O)N[C@@H](CCC(=O)N1CCN(c2cccc(NC3=NCC(F)CN3)c2)CC1)C(=O)O. The fraction of sp³-hybridized carbons (Fsp3) is 0.583. The van der Waals surface area contributed by atoms with E-state index in [9.17, 15) is 23.9 Å². The molecule has 1 saturated heterocycles. The molecule has 2 heterocycles. The van der Waals surface area contributed by atoms with Gasteiger partial charge in [0, 0.05) is 44.0 Å². The van der Waals surface area contributed by atoms with Crippen molar-refractivity contribution in [2.24, 2.45) is 10.9 Å². The number of benzene rings is 1. The van der Waals surface area contributed by atoms with Crippen molar-refractivity contribution in [1.29, 1.82) is 0 Å². The van der Waals surface area contributed by atoms with Crippen molar-refractivity contribution in [2.45, 2.75) is 38.9 Å². The lowest BCUT2D eigenvalue weighted by Gasteiger charge is -2.36. The van der Waals surface area contributed by atoms with Crippen LogP contribution in [0.1, 0.15) is 26.7 Å². The van der Waals surface area contributed by atoms with Gasteiger partial charge in [-0.1, -0.05) is 19.9 Å². The van der Waals surface area contributed by atoms with Gasteiger partial charge in [-0.3, -0.25) is 4.79 Å². The molecule has 0 bridgehead atoms. The standard InChI is InChI=1S/C24H35FN6O5/c1-16(2)15-36-24(35)29-20(22(33)34)6-7-21(32)31-10-8-30(9-11-31)19-5-3-4-18(12-19)28-23-26-13-17(25)14-27-23/h3-5,12,16-17,20H,6-11,13-15H2,1-2H3,(H,29,35)(H,33,34)(H2,26,27,28)/t20-/m0/s1. The van der Waals surface area contributed by atoms with Crippen LogP contribution < -0.4 is 20.9 Å². The molecule has 1 fully saturated rings. The largest absolute Gasteiger partial charge is 0.480 e. The second-order valence-electron chi connectivity index (χ2n) is 9.28. The minimum Gasteiger partial charge on any atom is -0.480 e. The Bertz CT molecular complexity index is 951. The molecule has 0 saturated carbocycles. The number of hydrogen-bond donors (Lipinski definition) is 4. The van der Waals surface area contributed by atoms with Gasteiger partial charge in [0.2, 0.25) is 5.91 Å². The molecule has 2 atom stereocenters. The Balaban J connectivity index is 1.45. The topological polar surface area (TPSA) is 136 Å². The minimum atomic E-state index is -1.21. The number of ether oxygens (including phenoxy) is 1. The van der Waals surface area contributed by atoms with E-state index in [2.05, 4.69) is 25.8 Å². The van der Waals surface area contributed by atoms with Gasteiger partial charge >= 0.3 is 12.1 Å². The number of nitrogens with zero attached hydrogens (tertiary/aromatic N) is 3. The Kier molecular flexibility index (Phi) is 9.71. The van der Waals surface area contributed by atoms with Gasteiger partial charge in [0.25, 0.3) is 0 Å². The highest BCUT2D eigenvalue weighted by Crippen LogP contribution is 2.21. The van der Waals surface area contributed by atoms with E-state index in [-0.39, 0.29) is 44.4 Å². The van der Waals surface area contributed by atoms with Gasteiger partial charge < -0.3 is 35.6 Å². The van der Waals surface area contributed by atoms with Crippen molar-refractivity contribution in [3.63, 3.8) is 0 Å². The van der Waals surface area contributed by atoms with Gasteiger partial charge in [-0.15, -0.1) is 0 Å². The highest BCUT2D eigenvalue weighted by atomic mass is 19.1. The molecule has 0 radical (unpaired) electrons. The number of amides is 2. The first kappa shape index (κ1) is 27.0. The van der Waals surface area contributed by atoms with Crippen molar-refractivity contribution >= 4 is 35.3 Å². The zero-order chi connectivity index (χ0) is 26.1. The van der Waals surface area contributed by atoms with E-state index in [4.69, 9.17) is 4.74 Å². The quantitative estimate of drug-likeness (QED) is 0.397. The number of nitrogens with one attached hydrogen (secondary N) is 3. The molecule has 2 aliphatic rings. The molecule has 0 aliphatic carbocycles. The Morgan fingerprint density at radius 3 is 2.64 bits per heavy atom. The van der Waals surface area contributed by atoms with E-state index in [0.717, 1.165) is 11.4 Å². The predicted molar refractivity (Wildman–Crippen MR) is 134 cm³/mol. The Morgan fingerprint density at radius 1 is 1.25 bits per heavy atom. The van der Waals surface area contributed by atoms with Crippen molar-refractivity contribution in [2.75, 3.05) is 56.1 Å². The Morgan fingerprint density at radius 2 is 2.00 bits per heavy atom. The Hall–Kier alpha value is -3.57. The number of anilines is 2. The van der Waals surface area contributed by atoms with Crippen LogP contribution in [0, 0.1) is 5.92 Å². The van der Waals surface area contributed by atoms with Gasteiger partial charge in [0.15, 0.2) is 5.96 Å². The molecule has 0 spiro atoms. The molecular weight excluding hydrogens is 471 g/mol. The van der Waals surface area contributed by atoms with E-state index in [1.807, 2.05) is 38.1 Å². The summed E-state index contributed by atoms with van der Waals surface area (Å²) < 4.78 is 18.2. The average Bonchev–Trinajstić information content (AvgIpc) is 2.86. The van der Waals surface area contributed by atoms with Crippen molar-refractivity contribution in [3.8, 4) is 0 Å². The molecule has 4 N–H and O–H groups in total. The van der Waals surface area contributed by atoms with Gasteiger partial charge in [-0.2, -0.15) is 0 Å². The van der Waals surface area contributed by atoms with Crippen LogP contribution in [0.15, 0.2) is 29.3 Å². The number of alkyl halides is 1. The number of guanidine groups is 1. The lowest BCUT2D eigenvalue weighted by Crippen LogP contribution is -2.49. The number of carboxylic acid groups (broad SMARTS) is 1. The predicted octanol–water partition coefficient (Wildman–Crippen LogP) is 1.66. The first-order valence-electron chi connectivity index (χ1n) is 12.2. The first-order valence-corrected chi connectivity index (χ1v) is 12.2. The normalized spacial score (nSPS) is 18.7. The summed E-state index contributed by atoms with van der Waals surface area (Å²) in [5.74, 6) is -0.687. The number of halogens is 1. The second kappa shape index (κ2) is 12.9. The third kappa shape index (κ3) is 8.28. The van der Waals surface area contributed by atoms with Crippen LogP contribution in [0.2, 0.25) is 0 Å². The van der Waals surface area contributed by atoms with Crippen LogP contribution in [0.4, 0.5) is 20.6 Å². The smallest absolute Gasteiger partial charge is 0.407 e. The number of carboxylic acids is 1. The summed E-state index contributed by atoms with van der Waals surface area (Å²) in [6.07, 6.45) is -1.78. The van der Waals surface area contributed by atoms with Crippen molar-refractivity contribution in [3.05, 3.63) is 24.3 Å². The monoisotopic (exact) mass is 506 g/mol. The summed E-state index contributed by atoms with van der Waals surface area (Å²) in [4.78, 5) is 44.0. The van der Waals surface area contributed by atoms with E-state index in [1.54, 1.807) is 4.90 Å². The molecule has 1 unspecified atom stereocenters. The van der Waals surface area contributed by atoms with Gasteiger partial charge in [0.1, 0.15) is 12.2 Å². The van der Waals surface area contributed by atoms with E-state index < -0.39 is 24.3 Å². The van der Waals surface area contributed by atoms with Crippen LogP contribution in [-0.2, 0) is 14.3 Å². The van der Waals surface area contributed by atoms with E-state index in [0.29, 0.717) is 32.1 Å². The van der Waals surface area contributed by atoms with E-state index >= 15 is 0 Å². The number of alkyl carbamates (subject to hydrolysis) is 1. The minimum absolute atomic E-state index is 0.00960. The molecule has 11 nitrogen and oxygen atoms in total. The van der Waals surface area contributed by atoms with Crippen LogP contribution in [-0.4, -0.2) is 92.0 Å². The second-order valence-corrected chi connectivity index (χ2v) is 9.28. The number of hydrogen-bond acceptors (Lipinski definition) is 8. The van der Waals surface area contributed by atoms with Crippen LogP contribution in [0.3, 0.4) is 0 Å². The maximum absolute atomic E-state index is 13.2. The Labute approximate surface area is 210 Å². The summed E-state index contributed by atoms with van der Waals surface area (Å²) in [7, 11) is 0. The summed E-state index contributed by atoms with van der Waals surface area (Å²) in [6.45, 7) is 6.56. The lowest BCUT2D eigenvalue weighted by molar-refractivity contribution is -0.140. The molecule has 2 aliphatic heterocycles. The molecule has 198 valence electrons.